The van der Waals surface area contributed by atoms with E-state index in [0.29, 0.717) is 11.5 Å². The van der Waals surface area contributed by atoms with Crippen LogP contribution in [0.5, 0.6) is 0 Å². The number of halogens is 2. The van der Waals surface area contributed by atoms with Gasteiger partial charge in [-0.15, -0.1) is 0 Å². The van der Waals surface area contributed by atoms with Crippen LogP contribution in [-0.4, -0.2) is 0 Å². The highest BCUT2D eigenvalue weighted by molar-refractivity contribution is 5.65. The van der Waals surface area contributed by atoms with Gasteiger partial charge >= 0.3 is 0 Å². The summed E-state index contributed by atoms with van der Waals surface area (Å²) >= 11 is 0. The van der Waals surface area contributed by atoms with Crippen molar-refractivity contribution in [1.82, 2.24) is 0 Å². The smallest absolute Gasteiger partial charge is 0.134 e. The molecule has 0 spiro atoms. The minimum Gasteiger partial charge on any atom is -0.206 e. The number of hydrogen-bond donors (Lipinski definition) is 0. The molecule has 0 bridgehead atoms. The number of aryl methyl sites for hydroxylation is 1. The van der Waals surface area contributed by atoms with Crippen LogP contribution < -0.4 is 0 Å². The standard InChI is InChI=1S/C30H40F2/c1-3-4-5-6-7-8-22-11-14-25-18-26(16-15-24(25)17-22)27-19-28(31)30(29(32)20-27)23-12-9-21(2)10-13-23/h9-10,12-13,19-20,22,24-26H,3-8,11,14-18H2,1-2H3. The summed E-state index contributed by atoms with van der Waals surface area (Å²) < 4.78 is 30.0. The molecule has 0 saturated heterocycles. The van der Waals surface area contributed by atoms with Gasteiger partial charge in [0, 0.05) is 0 Å². The predicted molar refractivity (Wildman–Crippen MR) is 131 cm³/mol. The summed E-state index contributed by atoms with van der Waals surface area (Å²) in [5, 5.41) is 0. The second-order valence-corrected chi connectivity index (χ2v) is 10.6. The van der Waals surface area contributed by atoms with Crippen LogP contribution in [0.2, 0.25) is 0 Å². The molecule has 174 valence electrons. The minimum atomic E-state index is -0.419. The first-order valence-electron chi connectivity index (χ1n) is 13.1. The van der Waals surface area contributed by atoms with Crippen molar-refractivity contribution in [3.63, 3.8) is 0 Å². The SMILES string of the molecule is CCCCCCCC1CCC2CC(c3cc(F)c(-c4ccc(C)cc4)c(F)c3)CCC2C1. The van der Waals surface area contributed by atoms with E-state index in [4.69, 9.17) is 0 Å². The van der Waals surface area contributed by atoms with E-state index in [1.807, 2.05) is 31.2 Å². The Hall–Kier alpha value is -1.70. The first-order chi connectivity index (χ1) is 15.5. The van der Waals surface area contributed by atoms with Crippen LogP contribution in [0.1, 0.15) is 101 Å². The molecule has 0 heterocycles. The van der Waals surface area contributed by atoms with Gasteiger partial charge in [0.1, 0.15) is 11.6 Å². The van der Waals surface area contributed by atoms with Crippen molar-refractivity contribution in [2.45, 2.75) is 96.8 Å². The third-order valence-electron chi connectivity index (χ3n) is 8.31. The topological polar surface area (TPSA) is 0 Å². The molecule has 0 nitrogen and oxygen atoms in total. The molecule has 0 radical (unpaired) electrons. The summed E-state index contributed by atoms with van der Waals surface area (Å²) in [4.78, 5) is 0. The summed E-state index contributed by atoms with van der Waals surface area (Å²) in [7, 11) is 0. The molecule has 0 aliphatic heterocycles. The summed E-state index contributed by atoms with van der Waals surface area (Å²) in [6, 6.07) is 10.7. The lowest BCUT2D eigenvalue weighted by Gasteiger charge is -2.42. The van der Waals surface area contributed by atoms with Gasteiger partial charge in [-0.05, 0) is 86.0 Å². The molecule has 2 aliphatic rings. The Morgan fingerprint density at radius 2 is 1.44 bits per heavy atom. The van der Waals surface area contributed by atoms with Crippen molar-refractivity contribution in [2.24, 2.45) is 17.8 Å². The van der Waals surface area contributed by atoms with Crippen LogP contribution in [-0.2, 0) is 0 Å². The van der Waals surface area contributed by atoms with E-state index in [1.165, 1.54) is 64.2 Å². The van der Waals surface area contributed by atoms with Gasteiger partial charge in [0.25, 0.3) is 0 Å². The molecule has 0 N–H and O–H groups in total. The van der Waals surface area contributed by atoms with Gasteiger partial charge in [-0.25, -0.2) is 8.78 Å². The first kappa shape index (κ1) is 23.5. The predicted octanol–water partition coefficient (Wildman–Crippen LogP) is 9.60. The zero-order chi connectivity index (χ0) is 22.5. The third kappa shape index (κ3) is 5.61. The van der Waals surface area contributed by atoms with Gasteiger partial charge in [0.2, 0.25) is 0 Å². The van der Waals surface area contributed by atoms with Crippen molar-refractivity contribution in [3.8, 4) is 11.1 Å². The van der Waals surface area contributed by atoms with Crippen molar-refractivity contribution in [1.29, 1.82) is 0 Å². The summed E-state index contributed by atoms with van der Waals surface area (Å²) in [5.41, 5.74) is 2.69. The fourth-order valence-electron chi connectivity index (χ4n) is 6.41. The molecule has 2 aromatic rings. The average molecular weight is 439 g/mol. The maximum atomic E-state index is 15.0. The Bertz CT molecular complexity index is 846. The molecule has 2 aromatic carbocycles. The maximum absolute atomic E-state index is 15.0. The number of unbranched alkanes of at least 4 members (excludes halogenated alkanes) is 4. The third-order valence-corrected chi connectivity index (χ3v) is 8.31. The molecular weight excluding hydrogens is 398 g/mol. The summed E-state index contributed by atoms with van der Waals surface area (Å²) in [5.74, 6) is 1.96. The van der Waals surface area contributed by atoms with E-state index >= 15 is 0 Å². The molecule has 4 atom stereocenters. The zero-order valence-electron chi connectivity index (χ0n) is 20.0. The van der Waals surface area contributed by atoms with Gasteiger partial charge in [0.15, 0.2) is 0 Å². The molecule has 2 fully saturated rings. The Labute approximate surface area is 193 Å². The highest BCUT2D eigenvalue weighted by Gasteiger charge is 2.36. The minimum absolute atomic E-state index is 0.113. The quantitative estimate of drug-likeness (QED) is 0.360. The van der Waals surface area contributed by atoms with E-state index in [2.05, 4.69) is 6.92 Å². The number of rotatable bonds is 8. The van der Waals surface area contributed by atoms with Gasteiger partial charge in [0.05, 0.1) is 5.56 Å². The lowest BCUT2D eigenvalue weighted by Crippen LogP contribution is -2.30. The molecule has 4 rings (SSSR count). The van der Waals surface area contributed by atoms with Gasteiger partial charge in [-0.1, -0.05) is 81.7 Å². The normalized spacial score (nSPS) is 25.5. The van der Waals surface area contributed by atoms with Gasteiger partial charge in [-0.2, -0.15) is 0 Å². The molecule has 4 unspecified atom stereocenters. The number of benzene rings is 2. The van der Waals surface area contributed by atoms with E-state index in [1.54, 1.807) is 12.1 Å². The largest absolute Gasteiger partial charge is 0.206 e. The van der Waals surface area contributed by atoms with Crippen LogP contribution in [0.4, 0.5) is 8.78 Å². The fourth-order valence-corrected chi connectivity index (χ4v) is 6.41. The van der Waals surface area contributed by atoms with Gasteiger partial charge < -0.3 is 0 Å². The van der Waals surface area contributed by atoms with E-state index in [0.717, 1.165) is 41.7 Å². The average Bonchev–Trinajstić information content (AvgIpc) is 2.79. The molecular formula is C30H40F2. The van der Waals surface area contributed by atoms with E-state index < -0.39 is 11.6 Å². The van der Waals surface area contributed by atoms with Crippen molar-refractivity contribution < 1.29 is 8.78 Å². The lowest BCUT2D eigenvalue weighted by atomic mass is 9.63. The zero-order valence-corrected chi connectivity index (χ0v) is 20.0. The van der Waals surface area contributed by atoms with Gasteiger partial charge in [-0.3, -0.25) is 0 Å². The summed E-state index contributed by atoms with van der Waals surface area (Å²) in [6.45, 7) is 4.26. The second kappa shape index (κ2) is 10.9. The molecule has 2 heteroatoms. The second-order valence-electron chi connectivity index (χ2n) is 10.6. The lowest BCUT2D eigenvalue weighted by molar-refractivity contribution is 0.113. The number of hydrogen-bond acceptors (Lipinski definition) is 0. The Morgan fingerprint density at radius 3 is 2.16 bits per heavy atom. The Balaban J connectivity index is 1.35. The molecule has 32 heavy (non-hydrogen) atoms. The van der Waals surface area contributed by atoms with Crippen molar-refractivity contribution >= 4 is 0 Å². The molecule has 0 amide bonds. The maximum Gasteiger partial charge on any atom is 0.134 e. The molecule has 0 aromatic heterocycles. The molecule has 2 aliphatic carbocycles. The van der Waals surface area contributed by atoms with Crippen molar-refractivity contribution in [2.75, 3.05) is 0 Å². The highest BCUT2D eigenvalue weighted by atomic mass is 19.1. The van der Waals surface area contributed by atoms with E-state index in [9.17, 15) is 8.78 Å². The summed E-state index contributed by atoms with van der Waals surface area (Å²) in [6.07, 6.45) is 15.8. The Kier molecular flexibility index (Phi) is 8.02. The highest BCUT2D eigenvalue weighted by Crippen LogP contribution is 2.49. The fraction of sp³-hybridized carbons (Fsp3) is 0.600. The van der Waals surface area contributed by atoms with Crippen LogP contribution >= 0.6 is 0 Å². The monoisotopic (exact) mass is 438 g/mol. The first-order valence-corrected chi connectivity index (χ1v) is 13.1. The number of fused-ring (bicyclic) bond motifs is 1. The van der Waals surface area contributed by atoms with Crippen LogP contribution in [0.3, 0.4) is 0 Å². The Morgan fingerprint density at radius 1 is 0.781 bits per heavy atom. The van der Waals surface area contributed by atoms with Crippen LogP contribution in [0.15, 0.2) is 36.4 Å². The molecule has 2 saturated carbocycles. The van der Waals surface area contributed by atoms with Crippen LogP contribution in [0, 0.1) is 36.3 Å². The van der Waals surface area contributed by atoms with E-state index in [-0.39, 0.29) is 5.56 Å². The van der Waals surface area contributed by atoms with Crippen molar-refractivity contribution in [3.05, 3.63) is 59.2 Å². The van der Waals surface area contributed by atoms with Crippen LogP contribution in [0.25, 0.3) is 11.1 Å².